The van der Waals surface area contributed by atoms with Crippen LogP contribution in [0.2, 0.25) is 0 Å². The SMILES string of the molecule is CCCCCCCCCc1ccc2c(S(=O)(=O)O)cccc2c1. The van der Waals surface area contributed by atoms with Crippen LogP contribution in [0.1, 0.15) is 57.4 Å². The van der Waals surface area contributed by atoms with Gasteiger partial charge in [-0.3, -0.25) is 4.55 Å². The molecule has 0 heterocycles. The summed E-state index contributed by atoms with van der Waals surface area (Å²) in [6.45, 7) is 2.23. The number of benzene rings is 2. The van der Waals surface area contributed by atoms with Gasteiger partial charge in [0.15, 0.2) is 0 Å². The summed E-state index contributed by atoms with van der Waals surface area (Å²) in [5.74, 6) is 0. The van der Waals surface area contributed by atoms with Crippen molar-refractivity contribution in [2.75, 3.05) is 0 Å². The highest BCUT2D eigenvalue weighted by Crippen LogP contribution is 2.24. The molecule has 0 spiro atoms. The zero-order valence-electron chi connectivity index (χ0n) is 13.8. The standard InChI is InChI=1S/C19H26O3S/c1-2-3-4-5-6-7-8-10-16-13-14-18-17(15-16)11-9-12-19(18)23(20,21)22/h9,11-15H,2-8,10H2,1H3,(H,20,21,22). The third kappa shape index (κ3) is 5.33. The lowest BCUT2D eigenvalue weighted by molar-refractivity contribution is 0.484. The molecule has 0 atom stereocenters. The fourth-order valence-corrected chi connectivity index (χ4v) is 3.68. The minimum absolute atomic E-state index is 0.0162. The second kappa shape index (κ2) is 8.46. The van der Waals surface area contributed by atoms with Gasteiger partial charge in [0.25, 0.3) is 10.1 Å². The molecule has 0 radical (unpaired) electrons. The summed E-state index contributed by atoms with van der Waals surface area (Å²) in [6, 6.07) is 10.8. The molecule has 0 amide bonds. The summed E-state index contributed by atoms with van der Waals surface area (Å²) < 4.78 is 32.1. The van der Waals surface area contributed by atoms with Crippen LogP contribution in [-0.4, -0.2) is 13.0 Å². The van der Waals surface area contributed by atoms with Crippen LogP contribution in [0.25, 0.3) is 10.8 Å². The third-order valence-corrected chi connectivity index (χ3v) is 5.16. The molecule has 2 aromatic carbocycles. The van der Waals surface area contributed by atoms with Gasteiger partial charge >= 0.3 is 0 Å². The van der Waals surface area contributed by atoms with Gasteiger partial charge in [0.1, 0.15) is 4.90 Å². The Morgan fingerprint density at radius 1 is 0.913 bits per heavy atom. The van der Waals surface area contributed by atoms with E-state index in [4.69, 9.17) is 0 Å². The fraction of sp³-hybridized carbons (Fsp3) is 0.474. The molecule has 0 aliphatic rings. The molecule has 126 valence electrons. The van der Waals surface area contributed by atoms with Crippen LogP contribution in [0.15, 0.2) is 41.3 Å². The first-order chi connectivity index (χ1) is 11.0. The Hall–Kier alpha value is -1.39. The lowest BCUT2D eigenvalue weighted by Crippen LogP contribution is -1.99. The maximum Gasteiger partial charge on any atom is 0.295 e. The van der Waals surface area contributed by atoms with Crippen LogP contribution in [0.3, 0.4) is 0 Å². The first-order valence-corrected chi connectivity index (χ1v) is 9.95. The molecular weight excluding hydrogens is 308 g/mol. The smallest absolute Gasteiger partial charge is 0.282 e. The highest BCUT2D eigenvalue weighted by atomic mass is 32.2. The predicted octanol–water partition coefficient (Wildman–Crippen LogP) is 5.38. The van der Waals surface area contributed by atoms with Crippen LogP contribution in [0.5, 0.6) is 0 Å². The fourth-order valence-electron chi connectivity index (χ4n) is 2.97. The monoisotopic (exact) mass is 334 g/mol. The summed E-state index contributed by atoms with van der Waals surface area (Å²) in [6.07, 6.45) is 9.99. The molecule has 0 aliphatic heterocycles. The van der Waals surface area contributed by atoms with Crippen molar-refractivity contribution in [2.24, 2.45) is 0 Å². The van der Waals surface area contributed by atoms with Gasteiger partial charge in [-0.2, -0.15) is 8.42 Å². The van der Waals surface area contributed by atoms with Crippen LogP contribution < -0.4 is 0 Å². The minimum Gasteiger partial charge on any atom is -0.282 e. The molecule has 4 heteroatoms. The normalized spacial score (nSPS) is 11.9. The van der Waals surface area contributed by atoms with Crippen molar-refractivity contribution in [1.29, 1.82) is 0 Å². The molecule has 1 N–H and O–H groups in total. The first kappa shape index (κ1) is 18.0. The van der Waals surface area contributed by atoms with Crippen LogP contribution >= 0.6 is 0 Å². The number of fused-ring (bicyclic) bond motifs is 1. The van der Waals surface area contributed by atoms with Crippen LogP contribution in [-0.2, 0) is 16.5 Å². The number of hydrogen-bond donors (Lipinski definition) is 1. The average molecular weight is 334 g/mol. The van der Waals surface area contributed by atoms with Crippen molar-refractivity contribution in [3.8, 4) is 0 Å². The molecule has 23 heavy (non-hydrogen) atoms. The Labute approximate surface area is 139 Å². The van der Waals surface area contributed by atoms with Gasteiger partial charge in [-0.1, -0.05) is 75.8 Å². The van der Waals surface area contributed by atoms with Crippen molar-refractivity contribution in [2.45, 2.75) is 63.2 Å². The molecule has 0 unspecified atom stereocenters. The number of unbranched alkanes of at least 4 members (excludes halogenated alkanes) is 6. The Morgan fingerprint density at radius 2 is 1.61 bits per heavy atom. The summed E-state index contributed by atoms with van der Waals surface area (Å²) in [7, 11) is -4.17. The van der Waals surface area contributed by atoms with Crippen molar-refractivity contribution in [3.63, 3.8) is 0 Å². The maximum absolute atomic E-state index is 11.4. The molecule has 0 aliphatic carbocycles. The molecule has 2 rings (SSSR count). The van der Waals surface area contributed by atoms with Gasteiger partial charge in [-0.15, -0.1) is 0 Å². The maximum atomic E-state index is 11.4. The lowest BCUT2D eigenvalue weighted by Gasteiger charge is -2.07. The van der Waals surface area contributed by atoms with Crippen LogP contribution in [0.4, 0.5) is 0 Å². The molecule has 0 saturated heterocycles. The number of aryl methyl sites for hydroxylation is 1. The van der Waals surface area contributed by atoms with E-state index in [1.165, 1.54) is 50.2 Å². The molecule has 2 aromatic rings. The predicted molar refractivity (Wildman–Crippen MR) is 95.5 cm³/mol. The Balaban J connectivity index is 1.96. The largest absolute Gasteiger partial charge is 0.295 e. The van der Waals surface area contributed by atoms with Crippen molar-refractivity contribution < 1.29 is 13.0 Å². The molecule has 0 bridgehead atoms. The zero-order chi connectivity index (χ0) is 16.7. The van der Waals surface area contributed by atoms with Gasteiger partial charge in [0, 0.05) is 5.39 Å². The third-order valence-electron chi connectivity index (χ3n) is 4.25. The first-order valence-electron chi connectivity index (χ1n) is 8.51. The molecule has 0 aromatic heterocycles. The van der Waals surface area contributed by atoms with E-state index >= 15 is 0 Å². The van der Waals surface area contributed by atoms with E-state index < -0.39 is 10.1 Å². The van der Waals surface area contributed by atoms with Crippen molar-refractivity contribution in [1.82, 2.24) is 0 Å². The zero-order valence-corrected chi connectivity index (χ0v) is 14.6. The van der Waals surface area contributed by atoms with Gasteiger partial charge in [0.2, 0.25) is 0 Å². The van der Waals surface area contributed by atoms with E-state index in [0.29, 0.717) is 5.39 Å². The van der Waals surface area contributed by atoms with E-state index in [2.05, 4.69) is 6.92 Å². The summed E-state index contributed by atoms with van der Waals surface area (Å²) in [5.41, 5.74) is 1.22. The minimum atomic E-state index is -4.17. The second-order valence-corrected chi connectivity index (χ2v) is 7.55. The average Bonchev–Trinajstić information content (AvgIpc) is 2.52. The molecular formula is C19H26O3S. The summed E-state index contributed by atoms with van der Waals surface area (Å²) in [4.78, 5) is -0.0162. The summed E-state index contributed by atoms with van der Waals surface area (Å²) >= 11 is 0. The van der Waals surface area contributed by atoms with E-state index in [1.54, 1.807) is 12.1 Å². The Bertz CT molecular complexity index is 735. The van der Waals surface area contributed by atoms with Crippen molar-refractivity contribution in [3.05, 3.63) is 42.0 Å². The van der Waals surface area contributed by atoms with E-state index in [-0.39, 0.29) is 4.90 Å². The Kier molecular flexibility index (Phi) is 6.60. The molecule has 0 fully saturated rings. The quantitative estimate of drug-likeness (QED) is 0.495. The lowest BCUT2D eigenvalue weighted by atomic mass is 10.0. The highest BCUT2D eigenvalue weighted by molar-refractivity contribution is 7.86. The van der Waals surface area contributed by atoms with E-state index in [9.17, 15) is 13.0 Å². The molecule has 0 saturated carbocycles. The number of rotatable bonds is 9. The second-order valence-electron chi connectivity index (χ2n) is 6.16. The van der Waals surface area contributed by atoms with Crippen molar-refractivity contribution >= 4 is 20.9 Å². The van der Waals surface area contributed by atoms with E-state index in [0.717, 1.165) is 18.2 Å². The van der Waals surface area contributed by atoms with Gasteiger partial charge < -0.3 is 0 Å². The highest BCUT2D eigenvalue weighted by Gasteiger charge is 2.13. The number of hydrogen-bond acceptors (Lipinski definition) is 2. The van der Waals surface area contributed by atoms with E-state index in [1.807, 2.05) is 18.2 Å². The topological polar surface area (TPSA) is 54.4 Å². The van der Waals surface area contributed by atoms with Gasteiger partial charge in [0.05, 0.1) is 0 Å². The summed E-state index contributed by atoms with van der Waals surface area (Å²) in [5, 5.41) is 1.44. The Morgan fingerprint density at radius 3 is 2.30 bits per heavy atom. The van der Waals surface area contributed by atoms with Gasteiger partial charge in [-0.05, 0) is 29.9 Å². The molecule has 3 nitrogen and oxygen atoms in total. The van der Waals surface area contributed by atoms with Crippen LogP contribution in [0, 0.1) is 0 Å². The van der Waals surface area contributed by atoms with Gasteiger partial charge in [-0.25, -0.2) is 0 Å².